The normalized spacial score (nSPS) is 26.3. The minimum atomic E-state index is -2.74. The number of nitrogens with zero attached hydrogens (tertiary/aromatic N) is 2. The lowest BCUT2D eigenvalue weighted by Crippen LogP contribution is -2.30. The fourth-order valence-electron chi connectivity index (χ4n) is 1.79. The Kier molecular flexibility index (Phi) is 2.13. The molecule has 2 rings (SSSR count). The Balaban J connectivity index is 2.23. The molecule has 0 radical (unpaired) electrons. The van der Waals surface area contributed by atoms with Gasteiger partial charge in [-0.2, -0.15) is 4.98 Å². The maximum Gasteiger partial charge on any atom is 0.260 e. The summed E-state index contributed by atoms with van der Waals surface area (Å²) in [7, 11) is 0. The largest absolute Gasteiger partial charge is 0.365 e. The number of hydrogen-bond donors (Lipinski definition) is 1. The van der Waals surface area contributed by atoms with Crippen molar-refractivity contribution in [3.8, 4) is 0 Å². The fourth-order valence-corrected chi connectivity index (χ4v) is 1.79. The van der Waals surface area contributed by atoms with Crippen molar-refractivity contribution in [2.75, 3.05) is 5.73 Å². The molecule has 1 aromatic rings. The third-order valence-electron chi connectivity index (χ3n) is 2.52. The summed E-state index contributed by atoms with van der Waals surface area (Å²) in [6.45, 7) is 0. The average molecular weight is 203 g/mol. The topological polar surface area (TPSA) is 64.9 Å². The van der Waals surface area contributed by atoms with Crippen LogP contribution in [-0.4, -0.2) is 16.1 Å². The monoisotopic (exact) mass is 203 g/mol. The van der Waals surface area contributed by atoms with Crippen molar-refractivity contribution in [2.45, 2.75) is 37.5 Å². The molecule has 78 valence electrons. The molecule has 1 aliphatic carbocycles. The van der Waals surface area contributed by atoms with Gasteiger partial charge in [-0.05, 0) is 18.0 Å². The summed E-state index contributed by atoms with van der Waals surface area (Å²) in [5.74, 6) is -3.81. The summed E-state index contributed by atoms with van der Waals surface area (Å²) >= 11 is 0. The Labute approximate surface area is 79.5 Å². The summed E-state index contributed by atoms with van der Waals surface area (Å²) < 4.78 is 31.5. The van der Waals surface area contributed by atoms with E-state index in [0.717, 1.165) is 6.42 Å². The number of hydrogen-bond acceptors (Lipinski definition) is 4. The minimum absolute atomic E-state index is 0.0350. The highest BCUT2D eigenvalue weighted by molar-refractivity contribution is 5.14. The highest BCUT2D eigenvalue weighted by Gasteiger charge is 2.45. The van der Waals surface area contributed by atoms with Gasteiger partial charge in [-0.1, -0.05) is 6.42 Å². The lowest BCUT2D eigenvalue weighted by molar-refractivity contribution is -0.0630. The zero-order valence-corrected chi connectivity index (χ0v) is 7.54. The number of aromatic nitrogens is 2. The van der Waals surface area contributed by atoms with E-state index in [4.69, 9.17) is 5.73 Å². The van der Waals surface area contributed by atoms with Gasteiger partial charge in [0.15, 0.2) is 0 Å². The van der Waals surface area contributed by atoms with Crippen molar-refractivity contribution in [3.05, 3.63) is 5.89 Å². The second-order valence-corrected chi connectivity index (χ2v) is 3.55. The predicted molar refractivity (Wildman–Crippen MR) is 44.9 cm³/mol. The summed E-state index contributed by atoms with van der Waals surface area (Å²) in [6.07, 6.45) is 1.59. The standard InChI is InChI=1S/C8H11F2N3O/c9-8(10)4-2-1-3-5(8)6-12-7(11)13-14-6/h5H,1-4H2,(H2,11,13). The molecule has 6 heteroatoms. The van der Waals surface area contributed by atoms with Crippen LogP contribution in [0.1, 0.15) is 37.5 Å². The third kappa shape index (κ3) is 1.56. The van der Waals surface area contributed by atoms with Gasteiger partial charge in [-0.3, -0.25) is 0 Å². The predicted octanol–water partition coefficient (Wildman–Crippen LogP) is 1.94. The van der Waals surface area contributed by atoms with Crippen LogP contribution in [0.15, 0.2) is 4.52 Å². The maximum atomic E-state index is 13.4. The summed E-state index contributed by atoms with van der Waals surface area (Å²) in [5.41, 5.74) is 5.21. The van der Waals surface area contributed by atoms with Crippen LogP contribution < -0.4 is 5.73 Å². The van der Waals surface area contributed by atoms with Crippen LogP contribution in [0.2, 0.25) is 0 Å². The quantitative estimate of drug-likeness (QED) is 0.757. The van der Waals surface area contributed by atoms with Crippen molar-refractivity contribution in [1.29, 1.82) is 0 Å². The van der Waals surface area contributed by atoms with E-state index in [1.54, 1.807) is 0 Å². The highest BCUT2D eigenvalue weighted by atomic mass is 19.3. The molecule has 0 saturated heterocycles. The molecular weight excluding hydrogens is 192 g/mol. The average Bonchev–Trinajstić information content (AvgIpc) is 2.51. The van der Waals surface area contributed by atoms with E-state index in [1.807, 2.05) is 0 Å². The molecule has 2 N–H and O–H groups in total. The lowest BCUT2D eigenvalue weighted by Gasteiger charge is -2.28. The molecule has 1 aliphatic rings. The van der Waals surface area contributed by atoms with E-state index in [0.29, 0.717) is 12.8 Å². The van der Waals surface area contributed by atoms with Crippen LogP contribution in [0.25, 0.3) is 0 Å². The van der Waals surface area contributed by atoms with Crippen molar-refractivity contribution in [1.82, 2.24) is 10.1 Å². The van der Waals surface area contributed by atoms with Crippen molar-refractivity contribution in [3.63, 3.8) is 0 Å². The van der Waals surface area contributed by atoms with E-state index in [-0.39, 0.29) is 18.3 Å². The second kappa shape index (κ2) is 3.18. The molecular formula is C8H11F2N3O. The molecule has 1 aromatic heterocycles. The molecule has 14 heavy (non-hydrogen) atoms. The van der Waals surface area contributed by atoms with Crippen LogP contribution in [0, 0.1) is 0 Å². The molecule has 4 nitrogen and oxygen atoms in total. The number of halogens is 2. The molecule has 0 amide bonds. The molecule has 0 aliphatic heterocycles. The van der Waals surface area contributed by atoms with E-state index >= 15 is 0 Å². The van der Waals surface area contributed by atoms with Crippen LogP contribution >= 0.6 is 0 Å². The smallest absolute Gasteiger partial charge is 0.260 e. The molecule has 1 atom stereocenters. The number of anilines is 1. The van der Waals surface area contributed by atoms with E-state index in [1.165, 1.54) is 0 Å². The Bertz CT molecular complexity index is 326. The number of rotatable bonds is 1. The molecule has 1 saturated carbocycles. The van der Waals surface area contributed by atoms with Gasteiger partial charge in [-0.25, -0.2) is 8.78 Å². The highest BCUT2D eigenvalue weighted by Crippen LogP contribution is 2.44. The van der Waals surface area contributed by atoms with Crippen LogP contribution in [-0.2, 0) is 0 Å². The number of nitrogen functional groups attached to an aromatic ring is 1. The van der Waals surface area contributed by atoms with Gasteiger partial charge in [0.25, 0.3) is 11.9 Å². The Morgan fingerprint density at radius 1 is 1.43 bits per heavy atom. The Morgan fingerprint density at radius 2 is 2.21 bits per heavy atom. The first-order valence-corrected chi connectivity index (χ1v) is 4.56. The maximum absolute atomic E-state index is 13.4. The Morgan fingerprint density at radius 3 is 2.79 bits per heavy atom. The molecule has 0 aromatic carbocycles. The molecule has 0 bridgehead atoms. The SMILES string of the molecule is Nc1noc(C2CCCCC2(F)F)n1. The first-order chi connectivity index (χ1) is 6.59. The van der Waals surface area contributed by atoms with Crippen LogP contribution in [0.5, 0.6) is 0 Å². The molecule has 0 spiro atoms. The van der Waals surface area contributed by atoms with E-state index in [9.17, 15) is 8.78 Å². The van der Waals surface area contributed by atoms with Crippen LogP contribution in [0.4, 0.5) is 14.7 Å². The molecule has 1 fully saturated rings. The van der Waals surface area contributed by atoms with E-state index in [2.05, 4.69) is 14.7 Å². The zero-order valence-electron chi connectivity index (χ0n) is 7.54. The van der Waals surface area contributed by atoms with Crippen molar-refractivity contribution in [2.24, 2.45) is 0 Å². The molecule has 1 heterocycles. The third-order valence-corrected chi connectivity index (χ3v) is 2.52. The zero-order chi connectivity index (χ0) is 10.2. The van der Waals surface area contributed by atoms with Crippen LogP contribution in [0.3, 0.4) is 0 Å². The van der Waals surface area contributed by atoms with Gasteiger partial charge in [0, 0.05) is 6.42 Å². The van der Waals surface area contributed by atoms with Gasteiger partial charge in [0.2, 0.25) is 5.89 Å². The van der Waals surface area contributed by atoms with Gasteiger partial charge >= 0.3 is 0 Å². The number of alkyl halides is 2. The van der Waals surface area contributed by atoms with Gasteiger partial charge in [0.1, 0.15) is 5.92 Å². The lowest BCUT2D eigenvalue weighted by atomic mass is 9.85. The van der Waals surface area contributed by atoms with Gasteiger partial charge in [0.05, 0.1) is 0 Å². The second-order valence-electron chi connectivity index (χ2n) is 3.55. The first-order valence-electron chi connectivity index (χ1n) is 4.56. The Hall–Kier alpha value is -1.20. The first kappa shape index (κ1) is 9.36. The molecule has 1 unspecified atom stereocenters. The minimum Gasteiger partial charge on any atom is -0.365 e. The van der Waals surface area contributed by atoms with Crippen molar-refractivity contribution < 1.29 is 13.3 Å². The number of nitrogens with two attached hydrogens (primary N) is 1. The summed E-state index contributed by atoms with van der Waals surface area (Å²) in [6, 6.07) is 0. The van der Waals surface area contributed by atoms with Gasteiger partial charge in [-0.15, -0.1) is 0 Å². The fraction of sp³-hybridized carbons (Fsp3) is 0.750. The van der Waals surface area contributed by atoms with Gasteiger partial charge < -0.3 is 10.3 Å². The summed E-state index contributed by atoms with van der Waals surface area (Å²) in [4.78, 5) is 3.65. The summed E-state index contributed by atoms with van der Waals surface area (Å²) in [5, 5.41) is 3.32. The van der Waals surface area contributed by atoms with Crippen molar-refractivity contribution >= 4 is 5.95 Å². The van der Waals surface area contributed by atoms with E-state index < -0.39 is 11.8 Å².